The van der Waals surface area contributed by atoms with Gasteiger partial charge in [-0.2, -0.15) is 0 Å². The van der Waals surface area contributed by atoms with Crippen LogP contribution in [-0.2, 0) is 6.54 Å². The molecule has 0 saturated heterocycles. The van der Waals surface area contributed by atoms with E-state index in [2.05, 4.69) is 15.3 Å². The van der Waals surface area contributed by atoms with E-state index in [1.165, 1.54) is 6.33 Å². The highest BCUT2D eigenvalue weighted by atomic mass is 35.5. The van der Waals surface area contributed by atoms with Crippen LogP contribution >= 0.6 is 11.6 Å². The first-order chi connectivity index (χ1) is 9.65. The molecular weight excluding hydrogens is 278 g/mol. The molecule has 2 aromatic rings. The van der Waals surface area contributed by atoms with Crippen molar-refractivity contribution in [1.29, 1.82) is 0 Å². The molecule has 20 heavy (non-hydrogen) atoms. The van der Waals surface area contributed by atoms with E-state index in [0.717, 1.165) is 16.8 Å². The molecular formula is C14H16ClN3O2. The van der Waals surface area contributed by atoms with Gasteiger partial charge in [0.05, 0.1) is 26.3 Å². The predicted molar refractivity (Wildman–Crippen MR) is 78.7 cm³/mol. The molecule has 1 aromatic carbocycles. The maximum Gasteiger partial charge on any atom is 0.225 e. The van der Waals surface area contributed by atoms with Crippen LogP contribution in [0.3, 0.4) is 0 Å². The SMILES string of the molecule is COc1ncnc(OC)c1CNc1cc(Cl)ccc1C. The van der Waals surface area contributed by atoms with Crippen molar-refractivity contribution >= 4 is 17.3 Å². The first-order valence-electron chi connectivity index (χ1n) is 6.07. The number of ether oxygens (including phenoxy) is 2. The molecule has 0 spiro atoms. The van der Waals surface area contributed by atoms with E-state index in [4.69, 9.17) is 21.1 Å². The molecule has 0 aliphatic rings. The highest BCUT2D eigenvalue weighted by molar-refractivity contribution is 6.30. The van der Waals surface area contributed by atoms with Crippen molar-refractivity contribution in [2.24, 2.45) is 0 Å². The summed E-state index contributed by atoms with van der Waals surface area (Å²) >= 11 is 6.00. The third-order valence-corrected chi connectivity index (χ3v) is 3.14. The molecule has 0 radical (unpaired) electrons. The topological polar surface area (TPSA) is 56.3 Å². The highest BCUT2D eigenvalue weighted by Gasteiger charge is 2.13. The maximum atomic E-state index is 6.00. The molecule has 1 aromatic heterocycles. The van der Waals surface area contributed by atoms with Gasteiger partial charge in [-0.1, -0.05) is 17.7 Å². The van der Waals surface area contributed by atoms with Crippen LogP contribution in [-0.4, -0.2) is 24.2 Å². The van der Waals surface area contributed by atoms with Gasteiger partial charge < -0.3 is 14.8 Å². The minimum Gasteiger partial charge on any atom is -0.481 e. The Balaban J connectivity index is 2.24. The molecule has 2 rings (SSSR count). The van der Waals surface area contributed by atoms with Crippen molar-refractivity contribution in [3.63, 3.8) is 0 Å². The van der Waals surface area contributed by atoms with Crippen LogP contribution in [0.5, 0.6) is 11.8 Å². The van der Waals surface area contributed by atoms with Crippen molar-refractivity contribution in [3.8, 4) is 11.8 Å². The number of nitrogens with one attached hydrogen (secondary N) is 1. The molecule has 6 heteroatoms. The fourth-order valence-electron chi connectivity index (χ4n) is 1.85. The van der Waals surface area contributed by atoms with E-state index in [-0.39, 0.29) is 0 Å². The third-order valence-electron chi connectivity index (χ3n) is 2.91. The number of rotatable bonds is 5. The van der Waals surface area contributed by atoms with E-state index >= 15 is 0 Å². The van der Waals surface area contributed by atoms with Gasteiger partial charge in [0.25, 0.3) is 0 Å². The Morgan fingerprint density at radius 1 is 1.15 bits per heavy atom. The Hall–Kier alpha value is -2.01. The quantitative estimate of drug-likeness (QED) is 0.918. The minimum atomic E-state index is 0.481. The van der Waals surface area contributed by atoms with Gasteiger partial charge in [-0.05, 0) is 24.6 Å². The average Bonchev–Trinajstić information content (AvgIpc) is 2.47. The van der Waals surface area contributed by atoms with Gasteiger partial charge in [0.2, 0.25) is 11.8 Å². The molecule has 0 unspecified atom stereocenters. The predicted octanol–water partition coefficient (Wildman–Crippen LogP) is 3.07. The van der Waals surface area contributed by atoms with Crippen molar-refractivity contribution in [2.75, 3.05) is 19.5 Å². The molecule has 0 bridgehead atoms. The fraction of sp³-hybridized carbons (Fsp3) is 0.286. The zero-order chi connectivity index (χ0) is 14.5. The zero-order valence-electron chi connectivity index (χ0n) is 11.6. The summed E-state index contributed by atoms with van der Waals surface area (Å²) in [5.41, 5.74) is 2.81. The number of aryl methyl sites for hydroxylation is 1. The van der Waals surface area contributed by atoms with E-state index in [9.17, 15) is 0 Å². The lowest BCUT2D eigenvalue weighted by Gasteiger charge is -2.13. The van der Waals surface area contributed by atoms with Gasteiger partial charge in [0, 0.05) is 10.7 Å². The van der Waals surface area contributed by atoms with Gasteiger partial charge in [-0.25, -0.2) is 9.97 Å². The summed E-state index contributed by atoms with van der Waals surface area (Å²) in [5, 5.41) is 3.98. The number of hydrogen-bond donors (Lipinski definition) is 1. The second kappa shape index (κ2) is 6.43. The summed E-state index contributed by atoms with van der Waals surface area (Å²) in [4.78, 5) is 8.16. The number of hydrogen-bond acceptors (Lipinski definition) is 5. The Labute approximate surface area is 122 Å². The van der Waals surface area contributed by atoms with Crippen molar-refractivity contribution in [1.82, 2.24) is 9.97 Å². The molecule has 1 heterocycles. The molecule has 0 saturated carbocycles. The molecule has 0 aliphatic heterocycles. The van der Waals surface area contributed by atoms with Gasteiger partial charge in [-0.15, -0.1) is 0 Å². The molecule has 1 N–H and O–H groups in total. The molecule has 0 aliphatic carbocycles. The summed E-state index contributed by atoms with van der Waals surface area (Å²) in [6.45, 7) is 2.49. The summed E-state index contributed by atoms with van der Waals surface area (Å²) in [6.07, 6.45) is 1.41. The largest absolute Gasteiger partial charge is 0.481 e. The Morgan fingerprint density at radius 3 is 2.40 bits per heavy atom. The fourth-order valence-corrected chi connectivity index (χ4v) is 2.02. The van der Waals surface area contributed by atoms with Crippen LogP contribution in [0.25, 0.3) is 0 Å². The lowest BCUT2D eigenvalue weighted by molar-refractivity contribution is 0.363. The lowest BCUT2D eigenvalue weighted by atomic mass is 10.2. The van der Waals surface area contributed by atoms with Gasteiger partial charge >= 0.3 is 0 Å². The minimum absolute atomic E-state index is 0.481. The standard InChI is InChI=1S/C14H16ClN3O2/c1-9-4-5-10(15)6-12(9)16-7-11-13(19-2)17-8-18-14(11)20-3/h4-6,8,16H,7H2,1-3H3. The van der Waals surface area contributed by atoms with Crippen LogP contribution in [0.15, 0.2) is 24.5 Å². The normalized spacial score (nSPS) is 10.2. The number of benzene rings is 1. The van der Waals surface area contributed by atoms with Crippen LogP contribution in [0, 0.1) is 6.92 Å². The average molecular weight is 294 g/mol. The number of anilines is 1. The monoisotopic (exact) mass is 293 g/mol. The molecule has 5 nitrogen and oxygen atoms in total. The van der Waals surface area contributed by atoms with E-state index < -0.39 is 0 Å². The van der Waals surface area contributed by atoms with Crippen LogP contribution < -0.4 is 14.8 Å². The van der Waals surface area contributed by atoms with Crippen LogP contribution in [0.1, 0.15) is 11.1 Å². The number of aromatic nitrogens is 2. The maximum absolute atomic E-state index is 6.00. The first-order valence-corrected chi connectivity index (χ1v) is 6.45. The Morgan fingerprint density at radius 2 is 1.80 bits per heavy atom. The van der Waals surface area contributed by atoms with E-state index in [1.54, 1.807) is 14.2 Å². The molecule has 0 amide bonds. The molecule has 0 fully saturated rings. The zero-order valence-corrected chi connectivity index (χ0v) is 12.4. The van der Waals surface area contributed by atoms with Gasteiger partial charge in [0.15, 0.2) is 0 Å². The smallest absolute Gasteiger partial charge is 0.225 e. The summed E-state index contributed by atoms with van der Waals surface area (Å²) in [7, 11) is 3.13. The van der Waals surface area contributed by atoms with E-state index in [0.29, 0.717) is 23.3 Å². The second-order valence-corrected chi connectivity index (χ2v) is 4.62. The number of halogens is 1. The van der Waals surface area contributed by atoms with Gasteiger partial charge in [-0.3, -0.25) is 0 Å². The summed E-state index contributed by atoms with van der Waals surface area (Å²) in [6, 6.07) is 5.69. The summed E-state index contributed by atoms with van der Waals surface area (Å²) in [5.74, 6) is 0.980. The number of nitrogens with zero attached hydrogens (tertiary/aromatic N) is 2. The Kier molecular flexibility index (Phi) is 4.63. The number of methoxy groups -OCH3 is 2. The lowest BCUT2D eigenvalue weighted by Crippen LogP contribution is -2.07. The first kappa shape index (κ1) is 14.4. The molecule has 0 atom stereocenters. The molecule has 106 valence electrons. The van der Waals surface area contributed by atoms with Crippen LogP contribution in [0.4, 0.5) is 5.69 Å². The third kappa shape index (κ3) is 3.11. The highest BCUT2D eigenvalue weighted by Crippen LogP contribution is 2.26. The van der Waals surface area contributed by atoms with Crippen LogP contribution in [0.2, 0.25) is 5.02 Å². The van der Waals surface area contributed by atoms with Crippen molar-refractivity contribution in [2.45, 2.75) is 13.5 Å². The second-order valence-electron chi connectivity index (χ2n) is 4.18. The van der Waals surface area contributed by atoms with E-state index in [1.807, 2.05) is 25.1 Å². The Bertz CT molecular complexity index is 583. The van der Waals surface area contributed by atoms with Crippen molar-refractivity contribution in [3.05, 3.63) is 40.7 Å². The van der Waals surface area contributed by atoms with Gasteiger partial charge in [0.1, 0.15) is 6.33 Å². The van der Waals surface area contributed by atoms with Crippen molar-refractivity contribution < 1.29 is 9.47 Å². The summed E-state index contributed by atoms with van der Waals surface area (Å²) < 4.78 is 10.5.